The Bertz CT molecular complexity index is 933. The van der Waals surface area contributed by atoms with E-state index in [1.165, 1.54) is 4.90 Å². The molecule has 0 radical (unpaired) electrons. The average molecular weight is 407 g/mol. The van der Waals surface area contributed by atoms with Crippen molar-refractivity contribution in [3.8, 4) is 0 Å². The van der Waals surface area contributed by atoms with E-state index < -0.39 is 18.1 Å². The van der Waals surface area contributed by atoms with Crippen LogP contribution in [0.15, 0.2) is 84.1 Å². The molecule has 6 heteroatoms. The summed E-state index contributed by atoms with van der Waals surface area (Å²) >= 11 is 1.57. The van der Waals surface area contributed by atoms with Crippen molar-refractivity contribution in [2.45, 2.75) is 24.4 Å². The molecule has 1 saturated heterocycles. The lowest BCUT2D eigenvalue weighted by molar-refractivity contribution is -0.153. The molecule has 0 bridgehead atoms. The van der Waals surface area contributed by atoms with E-state index in [2.05, 4.69) is 0 Å². The maximum Gasteiger partial charge on any atom is 0.356 e. The minimum absolute atomic E-state index is 0.217. The number of carbonyl (C=O) groups excluding carboxylic acids is 2. The summed E-state index contributed by atoms with van der Waals surface area (Å²) in [7, 11) is 0. The van der Waals surface area contributed by atoms with Gasteiger partial charge >= 0.3 is 5.97 Å². The van der Waals surface area contributed by atoms with Crippen LogP contribution in [0.3, 0.4) is 0 Å². The maximum atomic E-state index is 13.3. The smallest absolute Gasteiger partial charge is 0.356 e. The molecule has 0 saturated carbocycles. The molecule has 2 atom stereocenters. The van der Waals surface area contributed by atoms with E-state index in [0.717, 1.165) is 16.7 Å². The van der Waals surface area contributed by atoms with Gasteiger partial charge in [0.15, 0.2) is 6.10 Å². The summed E-state index contributed by atoms with van der Waals surface area (Å²) in [6.07, 6.45) is 3.15. The first-order valence-corrected chi connectivity index (χ1v) is 10.5. The number of benzene rings is 2. The SMILES string of the molecule is C/C=C\C1=C(C(=O)OC(c2ccccc2)c2ccccc2)N2C(=O)C(N)[C@@H]2SC1. The fourth-order valence-electron chi connectivity index (χ4n) is 3.61. The van der Waals surface area contributed by atoms with Crippen molar-refractivity contribution in [3.63, 3.8) is 0 Å². The second kappa shape index (κ2) is 8.27. The molecule has 1 unspecified atom stereocenters. The number of ether oxygens (including phenoxy) is 1. The van der Waals surface area contributed by atoms with Gasteiger partial charge in [-0.3, -0.25) is 9.69 Å². The molecule has 2 aliphatic heterocycles. The third-order valence-electron chi connectivity index (χ3n) is 5.03. The number of thioether (sulfide) groups is 1. The van der Waals surface area contributed by atoms with Crippen LogP contribution in [-0.4, -0.2) is 33.9 Å². The summed E-state index contributed by atoms with van der Waals surface area (Å²) in [5.74, 6) is -0.147. The summed E-state index contributed by atoms with van der Waals surface area (Å²) in [5.41, 5.74) is 8.75. The normalized spacial score (nSPS) is 21.3. The lowest BCUT2D eigenvalue weighted by Crippen LogP contribution is -2.68. The number of nitrogens with two attached hydrogens (primary N) is 1. The number of fused-ring (bicyclic) bond motifs is 1. The number of β-lactam (4-membered cyclic amide) rings is 1. The molecule has 0 spiro atoms. The monoisotopic (exact) mass is 406 g/mol. The van der Waals surface area contributed by atoms with Crippen molar-refractivity contribution in [2.24, 2.45) is 5.73 Å². The van der Waals surface area contributed by atoms with Crippen LogP contribution in [-0.2, 0) is 14.3 Å². The highest BCUT2D eigenvalue weighted by Crippen LogP contribution is 2.41. The van der Waals surface area contributed by atoms with E-state index in [-0.39, 0.29) is 11.3 Å². The topological polar surface area (TPSA) is 72.6 Å². The summed E-state index contributed by atoms with van der Waals surface area (Å²) < 4.78 is 6.00. The van der Waals surface area contributed by atoms with Gasteiger partial charge in [0.2, 0.25) is 5.91 Å². The van der Waals surface area contributed by atoms with E-state index in [1.54, 1.807) is 11.8 Å². The zero-order valence-electron chi connectivity index (χ0n) is 16.0. The zero-order valence-corrected chi connectivity index (χ0v) is 16.8. The molecule has 5 nitrogen and oxygen atoms in total. The number of allylic oxidation sites excluding steroid dienone is 2. The molecule has 0 aromatic heterocycles. The Hall–Kier alpha value is -2.83. The van der Waals surface area contributed by atoms with Gasteiger partial charge in [-0.2, -0.15) is 0 Å². The second-order valence-electron chi connectivity index (χ2n) is 6.92. The minimum Gasteiger partial charge on any atom is -0.448 e. The van der Waals surface area contributed by atoms with Gasteiger partial charge < -0.3 is 10.5 Å². The van der Waals surface area contributed by atoms with Crippen molar-refractivity contribution >= 4 is 23.6 Å². The quantitative estimate of drug-likeness (QED) is 0.609. The Kier molecular flexibility index (Phi) is 5.56. The summed E-state index contributed by atoms with van der Waals surface area (Å²) in [6, 6.07) is 18.6. The molecule has 29 heavy (non-hydrogen) atoms. The van der Waals surface area contributed by atoms with Gasteiger partial charge in [-0.05, 0) is 23.6 Å². The Labute approximate surface area is 174 Å². The standard InChI is InChI=1S/C23H22N2O3S/c1-2-9-17-14-29-22-18(24)21(26)25(22)19(17)23(27)28-20(15-10-5-3-6-11-15)16-12-7-4-8-13-16/h2-13,18,20,22H,14,24H2,1H3/b9-2-/t18?,22-/m0/s1. The number of amides is 1. The van der Waals surface area contributed by atoms with Crippen LogP contribution in [0.4, 0.5) is 0 Å². The van der Waals surface area contributed by atoms with Crippen molar-refractivity contribution in [1.29, 1.82) is 0 Å². The summed E-state index contributed by atoms with van der Waals surface area (Å²) in [4.78, 5) is 27.2. The molecule has 148 valence electrons. The van der Waals surface area contributed by atoms with Crippen molar-refractivity contribution in [3.05, 3.63) is 95.2 Å². The Morgan fingerprint density at radius 1 is 1.14 bits per heavy atom. The number of carbonyl (C=O) groups is 2. The van der Waals surface area contributed by atoms with Gasteiger partial charge in [-0.1, -0.05) is 72.8 Å². The second-order valence-corrected chi connectivity index (χ2v) is 8.02. The van der Waals surface area contributed by atoms with Gasteiger partial charge in [0.05, 0.1) is 0 Å². The van der Waals surface area contributed by atoms with E-state index >= 15 is 0 Å². The van der Waals surface area contributed by atoms with Crippen LogP contribution in [0.25, 0.3) is 0 Å². The molecule has 0 aliphatic carbocycles. The first-order valence-electron chi connectivity index (χ1n) is 9.48. The number of nitrogens with zero attached hydrogens (tertiary/aromatic N) is 1. The van der Waals surface area contributed by atoms with Crippen molar-refractivity contribution in [1.82, 2.24) is 4.90 Å². The van der Waals surface area contributed by atoms with E-state index in [0.29, 0.717) is 11.4 Å². The molecule has 2 aromatic rings. The highest BCUT2D eigenvalue weighted by molar-refractivity contribution is 8.00. The first kappa shape index (κ1) is 19.5. The third-order valence-corrected chi connectivity index (χ3v) is 6.35. The predicted molar refractivity (Wildman–Crippen MR) is 114 cm³/mol. The van der Waals surface area contributed by atoms with Crippen molar-refractivity contribution in [2.75, 3.05) is 5.75 Å². The summed E-state index contributed by atoms with van der Waals surface area (Å²) in [6.45, 7) is 1.88. The van der Waals surface area contributed by atoms with E-state index in [4.69, 9.17) is 10.5 Å². The van der Waals surface area contributed by atoms with Gasteiger partial charge in [0, 0.05) is 5.75 Å². The Morgan fingerprint density at radius 2 is 1.72 bits per heavy atom. The van der Waals surface area contributed by atoms with E-state index in [1.807, 2.05) is 79.7 Å². The Balaban J connectivity index is 1.70. The predicted octanol–water partition coefficient (Wildman–Crippen LogP) is 3.39. The first-order chi connectivity index (χ1) is 14.1. The van der Waals surface area contributed by atoms with Crippen molar-refractivity contribution < 1.29 is 14.3 Å². The molecule has 2 aliphatic rings. The van der Waals surface area contributed by atoms with Crippen LogP contribution in [0.2, 0.25) is 0 Å². The molecule has 2 heterocycles. The average Bonchev–Trinajstić information content (AvgIpc) is 2.77. The number of hydrogen-bond donors (Lipinski definition) is 1. The Morgan fingerprint density at radius 3 is 2.28 bits per heavy atom. The molecule has 2 aromatic carbocycles. The molecular formula is C23H22N2O3S. The van der Waals surface area contributed by atoms with Crippen LogP contribution < -0.4 is 5.73 Å². The fourth-order valence-corrected chi connectivity index (χ4v) is 4.87. The number of esters is 1. The third kappa shape index (κ3) is 3.61. The van der Waals surface area contributed by atoms with Gasteiger partial charge in [0.25, 0.3) is 0 Å². The molecule has 1 fully saturated rings. The lowest BCUT2D eigenvalue weighted by atomic mass is 10.0. The summed E-state index contributed by atoms with van der Waals surface area (Å²) in [5, 5.41) is -0.217. The highest BCUT2D eigenvalue weighted by atomic mass is 32.2. The molecule has 4 rings (SSSR count). The minimum atomic E-state index is -0.575. The zero-order chi connectivity index (χ0) is 20.4. The molecule has 1 amide bonds. The highest BCUT2D eigenvalue weighted by Gasteiger charge is 2.52. The lowest BCUT2D eigenvalue weighted by Gasteiger charge is -2.48. The van der Waals surface area contributed by atoms with Crippen LogP contribution in [0.5, 0.6) is 0 Å². The van der Waals surface area contributed by atoms with Crippen LogP contribution in [0, 0.1) is 0 Å². The van der Waals surface area contributed by atoms with Gasteiger partial charge in [-0.25, -0.2) is 4.79 Å². The number of hydrogen-bond acceptors (Lipinski definition) is 5. The fraction of sp³-hybridized carbons (Fsp3) is 0.217. The molecule has 2 N–H and O–H groups in total. The maximum absolute atomic E-state index is 13.3. The van der Waals surface area contributed by atoms with Gasteiger partial charge in [0.1, 0.15) is 17.1 Å². The van der Waals surface area contributed by atoms with Crippen LogP contribution >= 0.6 is 11.8 Å². The largest absolute Gasteiger partial charge is 0.448 e. The van der Waals surface area contributed by atoms with E-state index in [9.17, 15) is 9.59 Å². The molecular weight excluding hydrogens is 384 g/mol. The van der Waals surface area contributed by atoms with Crippen LogP contribution in [0.1, 0.15) is 24.2 Å². The van der Waals surface area contributed by atoms with Gasteiger partial charge in [-0.15, -0.1) is 11.8 Å². The number of rotatable bonds is 5.